The van der Waals surface area contributed by atoms with Crippen molar-refractivity contribution < 1.29 is 0 Å². The average molecular weight is 333 g/mol. The number of nitrogens with zero attached hydrogens (tertiary/aromatic N) is 1. The Bertz CT molecular complexity index is 552. The SMILES string of the molecule is CN(C)Cc1ccccc1CNCc1cccc(Br)c1. The highest BCUT2D eigenvalue weighted by molar-refractivity contribution is 9.10. The van der Waals surface area contributed by atoms with Crippen LogP contribution in [0, 0.1) is 0 Å². The van der Waals surface area contributed by atoms with Crippen LogP contribution in [0.15, 0.2) is 53.0 Å². The Morgan fingerprint density at radius 3 is 2.40 bits per heavy atom. The molecule has 0 aliphatic rings. The van der Waals surface area contributed by atoms with Gasteiger partial charge in [0.2, 0.25) is 0 Å². The highest BCUT2D eigenvalue weighted by Crippen LogP contribution is 2.13. The van der Waals surface area contributed by atoms with Crippen molar-refractivity contribution in [3.8, 4) is 0 Å². The quantitative estimate of drug-likeness (QED) is 0.865. The predicted octanol–water partition coefficient (Wildman–Crippen LogP) is 3.80. The highest BCUT2D eigenvalue weighted by Gasteiger charge is 2.02. The second-order valence-corrected chi connectivity index (χ2v) is 6.16. The number of hydrogen-bond acceptors (Lipinski definition) is 2. The lowest BCUT2D eigenvalue weighted by Crippen LogP contribution is -2.17. The zero-order valence-corrected chi connectivity index (χ0v) is 13.7. The third-order valence-electron chi connectivity index (χ3n) is 3.14. The van der Waals surface area contributed by atoms with Gasteiger partial charge in [0, 0.05) is 24.1 Å². The van der Waals surface area contributed by atoms with E-state index in [0.29, 0.717) is 0 Å². The molecule has 0 aliphatic carbocycles. The lowest BCUT2D eigenvalue weighted by molar-refractivity contribution is 0.400. The lowest BCUT2D eigenvalue weighted by Gasteiger charge is -2.14. The van der Waals surface area contributed by atoms with Crippen LogP contribution < -0.4 is 5.32 Å². The molecule has 2 aromatic rings. The van der Waals surface area contributed by atoms with Crippen LogP contribution >= 0.6 is 15.9 Å². The third-order valence-corrected chi connectivity index (χ3v) is 3.63. The maximum Gasteiger partial charge on any atom is 0.0230 e. The normalized spacial score (nSPS) is 11.0. The number of nitrogens with one attached hydrogen (secondary N) is 1. The molecule has 0 aliphatic heterocycles. The number of rotatable bonds is 6. The monoisotopic (exact) mass is 332 g/mol. The number of halogens is 1. The number of hydrogen-bond donors (Lipinski definition) is 1. The van der Waals surface area contributed by atoms with E-state index < -0.39 is 0 Å². The standard InChI is InChI=1S/C17H21BrN2/c1-20(2)13-16-8-4-3-7-15(16)12-19-11-14-6-5-9-17(18)10-14/h3-10,19H,11-13H2,1-2H3. The minimum atomic E-state index is 0.885. The highest BCUT2D eigenvalue weighted by atomic mass is 79.9. The third kappa shape index (κ3) is 4.75. The second kappa shape index (κ2) is 7.58. The summed E-state index contributed by atoms with van der Waals surface area (Å²) < 4.78 is 1.13. The summed E-state index contributed by atoms with van der Waals surface area (Å²) in [6.45, 7) is 2.76. The molecule has 106 valence electrons. The van der Waals surface area contributed by atoms with Gasteiger partial charge in [-0.15, -0.1) is 0 Å². The van der Waals surface area contributed by atoms with Crippen molar-refractivity contribution in [1.82, 2.24) is 10.2 Å². The topological polar surface area (TPSA) is 15.3 Å². The van der Waals surface area contributed by atoms with Gasteiger partial charge in [0.15, 0.2) is 0 Å². The molecule has 0 radical (unpaired) electrons. The first-order chi connectivity index (χ1) is 9.65. The molecule has 20 heavy (non-hydrogen) atoms. The van der Waals surface area contributed by atoms with Gasteiger partial charge >= 0.3 is 0 Å². The molecule has 0 spiro atoms. The molecule has 0 bridgehead atoms. The molecule has 2 aromatic carbocycles. The molecular weight excluding hydrogens is 312 g/mol. The Morgan fingerprint density at radius 2 is 1.70 bits per heavy atom. The summed E-state index contributed by atoms with van der Waals surface area (Å²) in [5, 5.41) is 3.52. The molecule has 0 saturated heterocycles. The van der Waals surface area contributed by atoms with Gasteiger partial charge in [-0.1, -0.05) is 52.3 Å². The summed E-state index contributed by atoms with van der Waals surface area (Å²) >= 11 is 3.50. The van der Waals surface area contributed by atoms with Gasteiger partial charge in [-0.25, -0.2) is 0 Å². The van der Waals surface area contributed by atoms with E-state index >= 15 is 0 Å². The van der Waals surface area contributed by atoms with E-state index in [-0.39, 0.29) is 0 Å². The molecule has 0 fully saturated rings. The molecule has 0 amide bonds. The first-order valence-corrected chi connectivity index (χ1v) is 7.61. The summed E-state index contributed by atoms with van der Waals surface area (Å²) in [6.07, 6.45) is 0. The van der Waals surface area contributed by atoms with Gasteiger partial charge in [0.1, 0.15) is 0 Å². The smallest absolute Gasteiger partial charge is 0.0230 e. The minimum absolute atomic E-state index is 0.885. The van der Waals surface area contributed by atoms with Crippen LogP contribution in [-0.4, -0.2) is 19.0 Å². The van der Waals surface area contributed by atoms with E-state index in [1.807, 2.05) is 0 Å². The van der Waals surface area contributed by atoms with Gasteiger partial charge in [-0.05, 0) is 42.9 Å². The maximum absolute atomic E-state index is 3.52. The van der Waals surface area contributed by atoms with Crippen LogP contribution in [-0.2, 0) is 19.6 Å². The molecule has 0 atom stereocenters. The van der Waals surface area contributed by atoms with Crippen molar-refractivity contribution in [2.45, 2.75) is 19.6 Å². The molecule has 1 N–H and O–H groups in total. The minimum Gasteiger partial charge on any atom is -0.309 e. The summed E-state index contributed by atoms with van der Waals surface area (Å²) in [4.78, 5) is 2.20. The first-order valence-electron chi connectivity index (χ1n) is 6.82. The fraction of sp³-hybridized carbons (Fsp3) is 0.294. The Labute approximate surface area is 129 Å². The Balaban J connectivity index is 1.94. The summed E-state index contributed by atoms with van der Waals surface area (Å²) in [6, 6.07) is 17.0. The van der Waals surface area contributed by atoms with E-state index in [1.165, 1.54) is 16.7 Å². The van der Waals surface area contributed by atoms with Crippen LogP contribution in [0.25, 0.3) is 0 Å². The zero-order chi connectivity index (χ0) is 14.4. The van der Waals surface area contributed by atoms with E-state index in [2.05, 4.69) is 88.8 Å². The Kier molecular flexibility index (Phi) is 5.77. The zero-order valence-electron chi connectivity index (χ0n) is 12.1. The van der Waals surface area contributed by atoms with Crippen molar-refractivity contribution in [1.29, 1.82) is 0 Å². The lowest BCUT2D eigenvalue weighted by atomic mass is 10.1. The van der Waals surface area contributed by atoms with Crippen molar-refractivity contribution >= 4 is 15.9 Å². The Hall–Kier alpha value is -1.16. The number of benzene rings is 2. The van der Waals surface area contributed by atoms with Crippen LogP contribution in [0.4, 0.5) is 0 Å². The van der Waals surface area contributed by atoms with E-state index in [4.69, 9.17) is 0 Å². The fourth-order valence-electron chi connectivity index (χ4n) is 2.21. The molecule has 3 heteroatoms. The van der Waals surface area contributed by atoms with Gasteiger partial charge in [0.05, 0.1) is 0 Å². The molecule has 0 heterocycles. The molecule has 0 aromatic heterocycles. The van der Waals surface area contributed by atoms with Gasteiger partial charge in [-0.3, -0.25) is 0 Å². The van der Waals surface area contributed by atoms with E-state index in [9.17, 15) is 0 Å². The predicted molar refractivity (Wildman–Crippen MR) is 88.5 cm³/mol. The maximum atomic E-state index is 3.52. The summed E-state index contributed by atoms with van der Waals surface area (Å²) in [7, 11) is 4.21. The van der Waals surface area contributed by atoms with Crippen molar-refractivity contribution in [2.75, 3.05) is 14.1 Å². The summed E-state index contributed by atoms with van der Waals surface area (Å²) in [5.41, 5.74) is 4.06. The van der Waals surface area contributed by atoms with Crippen LogP contribution in [0.5, 0.6) is 0 Å². The fourth-order valence-corrected chi connectivity index (χ4v) is 2.66. The Morgan fingerprint density at radius 1 is 0.950 bits per heavy atom. The van der Waals surface area contributed by atoms with Crippen molar-refractivity contribution in [3.63, 3.8) is 0 Å². The van der Waals surface area contributed by atoms with Gasteiger partial charge in [0.25, 0.3) is 0 Å². The molecule has 2 nitrogen and oxygen atoms in total. The molecule has 2 rings (SSSR count). The van der Waals surface area contributed by atoms with E-state index in [0.717, 1.165) is 24.1 Å². The van der Waals surface area contributed by atoms with E-state index in [1.54, 1.807) is 0 Å². The average Bonchev–Trinajstić information content (AvgIpc) is 2.40. The molecule has 0 saturated carbocycles. The van der Waals surface area contributed by atoms with Crippen LogP contribution in [0.1, 0.15) is 16.7 Å². The molecular formula is C17H21BrN2. The van der Waals surface area contributed by atoms with Crippen molar-refractivity contribution in [2.24, 2.45) is 0 Å². The van der Waals surface area contributed by atoms with Crippen molar-refractivity contribution in [3.05, 3.63) is 69.7 Å². The second-order valence-electron chi connectivity index (χ2n) is 5.24. The van der Waals surface area contributed by atoms with Gasteiger partial charge < -0.3 is 10.2 Å². The van der Waals surface area contributed by atoms with Crippen LogP contribution in [0.2, 0.25) is 0 Å². The molecule has 0 unspecified atom stereocenters. The van der Waals surface area contributed by atoms with Gasteiger partial charge in [-0.2, -0.15) is 0 Å². The summed E-state index contributed by atoms with van der Waals surface area (Å²) in [5.74, 6) is 0. The largest absolute Gasteiger partial charge is 0.309 e. The first kappa shape index (κ1) is 15.2. The van der Waals surface area contributed by atoms with Crippen LogP contribution in [0.3, 0.4) is 0 Å².